The zero-order valence-electron chi connectivity index (χ0n) is 12.5. The first-order valence-electron chi connectivity index (χ1n) is 7.54. The van der Waals surface area contributed by atoms with E-state index in [1.54, 1.807) is 12.1 Å². The molecule has 1 fully saturated rings. The van der Waals surface area contributed by atoms with Gasteiger partial charge in [0.25, 0.3) is 0 Å². The second kappa shape index (κ2) is 5.56. The van der Waals surface area contributed by atoms with Gasteiger partial charge in [0.15, 0.2) is 17.3 Å². The number of Topliss-reactive ketones (excluding diaryl/α,β-unsaturated/α-hetero) is 1. The third-order valence-corrected chi connectivity index (χ3v) is 3.97. The zero-order chi connectivity index (χ0) is 14.9. The monoisotopic (exact) mass is 291 g/mol. The molecule has 21 heavy (non-hydrogen) atoms. The van der Waals surface area contributed by atoms with Gasteiger partial charge >= 0.3 is 0 Å². The molecule has 1 unspecified atom stereocenters. The van der Waals surface area contributed by atoms with E-state index in [4.69, 9.17) is 14.2 Å². The number of benzene rings is 1. The summed E-state index contributed by atoms with van der Waals surface area (Å²) in [6, 6.07) is 3.57. The first-order valence-corrected chi connectivity index (χ1v) is 7.54. The van der Waals surface area contributed by atoms with Crippen molar-refractivity contribution in [3.63, 3.8) is 0 Å². The number of hydrogen-bond acceptors (Lipinski definition) is 5. The number of carbonyl (C=O) groups excluding carboxylic acids is 1. The Kier molecular flexibility index (Phi) is 3.76. The molecule has 114 valence electrons. The average Bonchev–Trinajstić information content (AvgIpc) is 2.90. The molecule has 1 spiro atoms. The lowest BCUT2D eigenvalue weighted by atomic mass is 9.89. The van der Waals surface area contributed by atoms with Gasteiger partial charge in [0.2, 0.25) is 5.75 Å². The summed E-state index contributed by atoms with van der Waals surface area (Å²) >= 11 is 0. The van der Waals surface area contributed by atoms with Gasteiger partial charge in [-0.2, -0.15) is 0 Å². The minimum absolute atomic E-state index is 0.115. The van der Waals surface area contributed by atoms with E-state index in [0.29, 0.717) is 49.0 Å². The number of hydrogen-bond donors (Lipinski definition) is 1. The highest BCUT2D eigenvalue weighted by atomic mass is 16.6. The highest BCUT2D eigenvalue weighted by Crippen LogP contribution is 2.46. The largest absolute Gasteiger partial charge is 0.490 e. The molecule has 0 saturated carbocycles. The maximum absolute atomic E-state index is 12.5. The van der Waals surface area contributed by atoms with Gasteiger partial charge in [-0.3, -0.25) is 4.79 Å². The van der Waals surface area contributed by atoms with Gasteiger partial charge in [-0.25, -0.2) is 0 Å². The van der Waals surface area contributed by atoms with Gasteiger partial charge in [0.05, 0.1) is 25.2 Å². The molecule has 1 atom stereocenters. The number of nitrogens with one attached hydrogen (secondary N) is 1. The van der Waals surface area contributed by atoms with Crippen LogP contribution in [0.1, 0.15) is 37.0 Å². The van der Waals surface area contributed by atoms with Gasteiger partial charge in [0, 0.05) is 13.0 Å². The van der Waals surface area contributed by atoms with Crippen LogP contribution in [0.25, 0.3) is 0 Å². The highest BCUT2D eigenvalue weighted by Gasteiger charge is 2.44. The maximum atomic E-state index is 12.5. The molecule has 1 aromatic carbocycles. The molecule has 1 N–H and O–H groups in total. The molecule has 0 aliphatic carbocycles. The number of fused-ring (bicyclic) bond motifs is 1. The number of carbonyl (C=O) groups is 1. The van der Waals surface area contributed by atoms with Gasteiger partial charge < -0.3 is 19.5 Å². The summed E-state index contributed by atoms with van der Waals surface area (Å²) in [4.78, 5) is 12.5. The molecule has 2 aliphatic rings. The third-order valence-electron chi connectivity index (χ3n) is 3.97. The van der Waals surface area contributed by atoms with E-state index in [1.165, 1.54) is 0 Å². The van der Waals surface area contributed by atoms with Crippen molar-refractivity contribution in [2.75, 3.05) is 26.3 Å². The molecule has 3 rings (SSSR count). The lowest BCUT2D eigenvalue weighted by molar-refractivity contribution is 0.0499. The van der Waals surface area contributed by atoms with Crippen LogP contribution in [0.5, 0.6) is 17.2 Å². The Labute approximate surface area is 124 Å². The summed E-state index contributed by atoms with van der Waals surface area (Å²) in [5.41, 5.74) is 0.167. The molecule has 5 heteroatoms. The van der Waals surface area contributed by atoms with E-state index in [1.807, 2.05) is 13.8 Å². The second-order valence-corrected chi connectivity index (χ2v) is 5.45. The summed E-state index contributed by atoms with van der Waals surface area (Å²) in [7, 11) is 0. The van der Waals surface area contributed by atoms with E-state index in [2.05, 4.69) is 5.32 Å². The van der Waals surface area contributed by atoms with Crippen molar-refractivity contribution in [1.82, 2.24) is 5.32 Å². The van der Waals surface area contributed by atoms with Crippen LogP contribution in [0.15, 0.2) is 12.1 Å². The van der Waals surface area contributed by atoms with Crippen molar-refractivity contribution in [2.45, 2.75) is 32.3 Å². The van der Waals surface area contributed by atoms with Crippen LogP contribution in [0.3, 0.4) is 0 Å². The Bertz CT molecular complexity index is 549. The van der Waals surface area contributed by atoms with Crippen molar-refractivity contribution < 1.29 is 19.0 Å². The highest BCUT2D eigenvalue weighted by molar-refractivity contribution is 6.01. The van der Waals surface area contributed by atoms with E-state index in [9.17, 15) is 4.79 Å². The van der Waals surface area contributed by atoms with E-state index >= 15 is 0 Å². The first-order chi connectivity index (χ1) is 10.2. The van der Waals surface area contributed by atoms with Crippen LogP contribution in [0.4, 0.5) is 0 Å². The predicted octanol–water partition coefficient (Wildman–Crippen LogP) is 2.18. The minimum atomic E-state index is -0.430. The summed E-state index contributed by atoms with van der Waals surface area (Å²) in [5, 5.41) is 3.28. The molecule has 0 amide bonds. The summed E-state index contributed by atoms with van der Waals surface area (Å²) in [6.07, 6.45) is 1.26. The van der Waals surface area contributed by atoms with Crippen LogP contribution in [-0.4, -0.2) is 37.7 Å². The van der Waals surface area contributed by atoms with Gasteiger partial charge in [0.1, 0.15) is 5.60 Å². The fraction of sp³-hybridized carbons (Fsp3) is 0.562. The standard InChI is InChI=1S/C16H21NO4/c1-3-19-13-6-5-11-12(18)9-16(7-8-17-10-16)21-14(11)15(13)20-4-2/h5-6,17H,3-4,7-10H2,1-2H3. The van der Waals surface area contributed by atoms with Crippen molar-refractivity contribution in [1.29, 1.82) is 0 Å². The SMILES string of the molecule is CCOc1ccc2c(c1OCC)OC1(CCNC1)CC2=O. The van der Waals surface area contributed by atoms with Gasteiger partial charge in [-0.1, -0.05) is 0 Å². The topological polar surface area (TPSA) is 56.8 Å². The molecule has 1 saturated heterocycles. The Morgan fingerprint density at radius 1 is 1.29 bits per heavy atom. The van der Waals surface area contributed by atoms with Crippen molar-refractivity contribution in [3.05, 3.63) is 17.7 Å². The summed E-state index contributed by atoms with van der Waals surface area (Å²) in [6.45, 7) is 6.44. The van der Waals surface area contributed by atoms with Crippen LogP contribution in [-0.2, 0) is 0 Å². The molecular formula is C16H21NO4. The van der Waals surface area contributed by atoms with Gasteiger partial charge in [-0.05, 0) is 32.5 Å². The molecular weight excluding hydrogens is 270 g/mol. The fourth-order valence-electron chi connectivity index (χ4n) is 3.01. The number of rotatable bonds is 4. The zero-order valence-corrected chi connectivity index (χ0v) is 12.5. The Hall–Kier alpha value is -1.75. The second-order valence-electron chi connectivity index (χ2n) is 5.45. The number of ether oxygens (including phenoxy) is 3. The van der Waals surface area contributed by atoms with Crippen LogP contribution < -0.4 is 19.5 Å². The molecule has 0 radical (unpaired) electrons. The maximum Gasteiger partial charge on any atom is 0.204 e. The Balaban J connectivity index is 2.06. The van der Waals surface area contributed by atoms with E-state index < -0.39 is 5.60 Å². The summed E-state index contributed by atoms with van der Waals surface area (Å²) in [5.74, 6) is 1.84. The average molecular weight is 291 g/mol. The van der Waals surface area contributed by atoms with Crippen molar-refractivity contribution >= 4 is 5.78 Å². The van der Waals surface area contributed by atoms with Gasteiger partial charge in [-0.15, -0.1) is 0 Å². The lowest BCUT2D eigenvalue weighted by Gasteiger charge is -2.35. The Morgan fingerprint density at radius 3 is 2.76 bits per heavy atom. The molecule has 2 aliphatic heterocycles. The van der Waals surface area contributed by atoms with Crippen molar-refractivity contribution in [2.24, 2.45) is 0 Å². The van der Waals surface area contributed by atoms with Crippen LogP contribution >= 0.6 is 0 Å². The fourth-order valence-corrected chi connectivity index (χ4v) is 3.01. The smallest absolute Gasteiger partial charge is 0.204 e. The third kappa shape index (κ3) is 2.46. The minimum Gasteiger partial charge on any atom is -0.490 e. The van der Waals surface area contributed by atoms with E-state index in [-0.39, 0.29) is 5.78 Å². The molecule has 1 aromatic rings. The first kappa shape index (κ1) is 14.2. The molecule has 5 nitrogen and oxygen atoms in total. The number of ketones is 1. The molecule has 2 heterocycles. The predicted molar refractivity (Wildman–Crippen MR) is 78.6 cm³/mol. The van der Waals surface area contributed by atoms with E-state index in [0.717, 1.165) is 13.0 Å². The molecule has 0 aromatic heterocycles. The normalized spacial score (nSPS) is 23.8. The molecule has 0 bridgehead atoms. The van der Waals surface area contributed by atoms with Crippen LogP contribution in [0.2, 0.25) is 0 Å². The quantitative estimate of drug-likeness (QED) is 0.921. The van der Waals surface area contributed by atoms with Crippen LogP contribution in [0, 0.1) is 0 Å². The Morgan fingerprint density at radius 2 is 2.10 bits per heavy atom. The van der Waals surface area contributed by atoms with Crippen molar-refractivity contribution in [3.8, 4) is 17.2 Å². The lowest BCUT2D eigenvalue weighted by Crippen LogP contribution is -2.44. The summed E-state index contributed by atoms with van der Waals surface area (Å²) < 4.78 is 17.6.